The van der Waals surface area contributed by atoms with Crippen LogP contribution in [0.4, 0.5) is 34.1 Å². The Morgan fingerprint density at radius 1 is 0.239 bits per heavy atom. The van der Waals surface area contributed by atoms with E-state index in [1.807, 2.05) is 0 Å². The van der Waals surface area contributed by atoms with E-state index in [1.54, 1.807) is 0 Å². The number of nitrogens with zero attached hydrogens (tertiary/aromatic N) is 5. The molecule has 2 aliphatic rings. The number of hydrogen-bond acceptors (Lipinski definition) is 2. The molecule has 0 saturated carbocycles. The van der Waals surface area contributed by atoms with Crippen molar-refractivity contribution in [2.24, 2.45) is 0 Å². The summed E-state index contributed by atoms with van der Waals surface area (Å²) in [6.07, 6.45) is 0. The predicted molar refractivity (Wildman–Crippen MR) is 392 cm³/mol. The first kappa shape index (κ1) is 53.9. The molecule has 0 fully saturated rings. The number of para-hydroxylation sites is 8. The van der Waals surface area contributed by atoms with Crippen LogP contribution < -0.4 is 26.2 Å². The number of benzene rings is 13. The van der Waals surface area contributed by atoms with Crippen LogP contribution >= 0.6 is 0 Å². The molecule has 0 bridgehead atoms. The molecule has 5 nitrogen and oxygen atoms in total. The second-order valence-electron chi connectivity index (χ2n) is 27.3. The molecular weight excluding hydrogens is 1110 g/mol. The van der Waals surface area contributed by atoms with E-state index >= 15 is 0 Å². The third-order valence-corrected chi connectivity index (χ3v) is 19.9. The van der Waals surface area contributed by atoms with E-state index < -0.39 is 0 Å². The van der Waals surface area contributed by atoms with Gasteiger partial charge < -0.3 is 23.5 Å². The molecule has 0 N–H and O–H groups in total. The highest BCUT2D eigenvalue weighted by Gasteiger charge is 2.45. The summed E-state index contributed by atoms with van der Waals surface area (Å²) in [6.45, 7) is 13.8. The molecule has 5 heterocycles. The standard InChI is InChI=1S/C86H66BN5/c1-85(2,3)59-43-47-74-66(51-59)67-52-60(86(4,5)6)44-48-75(67)88(74)61-53-82-84-83(54-61)92(81-40-24-22-38-79(81)90-72-35-19-15-31-64(72)65-32-16-20-36-73(65)90)77-46-42-58(56-27-11-8-12-28-56)50-69(77)87(84)68-49-57(55-25-9-7-10-26-55)41-45-76(68)91(82)80-39-23-21-37-78(80)89-70-33-17-13-29-62(70)63-30-14-18-34-71(63)89/h7-54H,1-6H3. The van der Waals surface area contributed by atoms with Crippen LogP contribution in [0, 0.1) is 0 Å². The summed E-state index contributed by atoms with van der Waals surface area (Å²) in [4.78, 5) is 5.27. The van der Waals surface area contributed by atoms with E-state index in [1.165, 1.54) is 93.1 Å². The summed E-state index contributed by atoms with van der Waals surface area (Å²) in [5, 5.41) is 7.40. The Morgan fingerprint density at radius 2 is 0.576 bits per heavy atom. The topological polar surface area (TPSA) is 21.3 Å². The second-order valence-corrected chi connectivity index (χ2v) is 27.3. The van der Waals surface area contributed by atoms with Crippen LogP contribution in [0.2, 0.25) is 0 Å². The van der Waals surface area contributed by atoms with Gasteiger partial charge in [-0.05, 0) is 158 Å². The maximum Gasteiger partial charge on any atom is 0.252 e. The molecular formula is C86H66BN5. The fourth-order valence-electron chi connectivity index (χ4n) is 15.5. The predicted octanol–water partition coefficient (Wildman–Crippen LogP) is 21.0. The maximum atomic E-state index is 2.63. The molecule has 0 amide bonds. The SMILES string of the molecule is CC(C)(C)c1ccc2c(c1)c1cc(C(C)(C)C)ccc1n2-c1cc2c3c(c1)N(c1ccccc1-n1c4ccccc4c4ccccc41)c1ccc(-c4ccccc4)cc1B3c1cc(-c3ccccc3)ccc1N2c1ccccc1-n1c2ccccc2c2ccccc21. The van der Waals surface area contributed by atoms with E-state index in [2.05, 4.69) is 356 Å². The maximum absolute atomic E-state index is 2.63. The van der Waals surface area contributed by atoms with E-state index in [4.69, 9.17) is 0 Å². The van der Waals surface area contributed by atoms with E-state index in [-0.39, 0.29) is 17.5 Å². The Labute approximate surface area is 537 Å². The van der Waals surface area contributed by atoms with Crippen LogP contribution in [0.5, 0.6) is 0 Å². The number of hydrogen-bond donors (Lipinski definition) is 0. The van der Waals surface area contributed by atoms with Gasteiger partial charge in [0.2, 0.25) is 0 Å². The first-order chi connectivity index (χ1) is 44.9. The van der Waals surface area contributed by atoms with Crippen molar-refractivity contribution in [3.8, 4) is 39.3 Å². The molecule has 92 heavy (non-hydrogen) atoms. The summed E-state index contributed by atoms with van der Waals surface area (Å²) in [7, 11) is 0. The number of aromatic nitrogens is 3. The van der Waals surface area contributed by atoms with Crippen LogP contribution in [-0.4, -0.2) is 20.4 Å². The van der Waals surface area contributed by atoms with Gasteiger partial charge in [-0.2, -0.15) is 0 Å². The lowest BCUT2D eigenvalue weighted by atomic mass is 9.33. The quantitative estimate of drug-likeness (QED) is 0.148. The molecule has 6 heteroatoms. The Hall–Kier alpha value is -11.1. The Balaban J connectivity index is 1.02. The van der Waals surface area contributed by atoms with Crippen molar-refractivity contribution in [2.45, 2.75) is 52.4 Å². The van der Waals surface area contributed by atoms with Crippen LogP contribution in [0.15, 0.2) is 291 Å². The molecule has 0 aliphatic carbocycles. The molecule has 2 aliphatic heterocycles. The van der Waals surface area contributed by atoms with Crippen molar-refractivity contribution < 1.29 is 0 Å². The van der Waals surface area contributed by atoms with E-state index in [0.29, 0.717) is 0 Å². The average Bonchev–Trinajstić information content (AvgIpc) is 0.705. The van der Waals surface area contributed by atoms with Gasteiger partial charge in [-0.3, -0.25) is 0 Å². The van der Waals surface area contributed by atoms with Crippen LogP contribution in [0.25, 0.3) is 105 Å². The molecule has 18 rings (SSSR count). The lowest BCUT2D eigenvalue weighted by molar-refractivity contribution is 0.590. The third kappa shape index (κ3) is 8.12. The van der Waals surface area contributed by atoms with Gasteiger partial charge >= 0.3 is 0 Å². The van der Waals surface area contributed by atoms with E-state index in [0.717, 1.165) is 73.3 Å². The Bertz CT molecular complexity index is 5240. The fourth-order valence-corrected chi connectivity index (χ4v) is 15.5. The molecule has 0 saturated heterocycles. The van der Waals surface area contributed by atoms with E-state index in [9.17, 15) is 0 Å². The van der Waals surface area contributed by atoms with Gasteiger partial charge in [0.05, 0.1) is 61.5 Å². The van der Waals surface area contributed by atoms with Gasteiger partial charge in [0.1, 0.15) is 0 Å². The molecule has 13 aromatic carbocycles. The first-order valence-electron chi connectivity index (χ1n) is 32.4. The van der Waals surface area contributed by atoms with Crippen molar-refractivity contribution >= 4 is 123 Å². The minimum Gasteiger partial charge on any atom is -0.309 e. The molecule has 3 aromatic heterocycles. The van der Waals surface area contributed by atoms with Crippen LogP contribution in [0.3, 0.4) is 0 Å². The molecule has 0 atom stereocenters. The van der Waals surface area contributed by atoms with Gasteiger partial charge in [0, 0.05) is 55.1 Å². The van der Waals surface area contributed by atoms with Crippen molar-refractivity contribution in [3.63, 3.8) is 0 Å². The highest BCUT2D eigenvalue weighted by molar-refractivity contribution is 7.00. The number of fused-ring (bicyclic) bond motifs is 13. The fraction of sp³-hybridized carbons (Fsp3) is 0.0930. The zero-order valence-corrected chi connectivity index (χ0v) is 52.5. The summed E-state index contributed by atoms with van der Waals surface area (Å²) in [5.41, 5.74) is 27.9. The van der Waals surface area contributed by atoms with Crippen LogP contribution in [0.1, 0.15) is 52.7 Å². The molecule has 438 valence electrons. The molecule has 0 unspecified atom stereocenters. The Kier molecular flexibility index (Phi) is 11.8. The third-order valence-electron chi connectivity index (χ3n) is 19.9. The summed E-state index contributed by atoms with van der Waals surface area (Å²) >= 11 is 0. The Morgan fingerprint density at radius 3 is 0.957 bits per heavy atom. The average molecular weight is 1180 g/mol. The van der Waals surface area contributed by atoms with Gasteiger partial charge in [0.15, 0.2) is 0 Å². The zero-order chi connectivity index (χ0) is 61.7. The first-order valence-corrected chi connectivity index (χ1v) is 32.4. The molecule has 0 radical (unpaired) electrons. The lowest BCUT2D eigenvalue weighted by Gasteiger charge is -2.45. The van der Waals surface area contributed by atoms with Gasteiger partial charge in [-0.1, -0.05) is 236 Å². The monoisotopic (exact) mass is 1180 g/mol. The summed E-state index contributed by atoms with van der Waals surface area (Å²) in [5.74, 6) is 0. The van der Waals surface area contributed by atoms with Gasteiger partial charge in [-0.25, -0.2) is 0 Å². The minimum atomic E-state index is -0.207. The minimum absolute atomic E-state index is 0.0642. The van der Waals surface area contributed by atoms with Crippen molar-refractivity contribution in [1.82, 2.24) is 13.7 Å². The largest absolute Gasteiger partial charge is 0.309 e. The lowest BCUT2D eigenvalue weighted by Crippen LogP contribution is -2.61. The molecule has 16 aromatic rings. The van der Waals surface area contributed by atoms with Crippen molar-refractivity contribution in [3.05, 3.63) is 302 Å². The number of rotatable bonds is 7. The zero-order valence-electron chi connectivity index (χ0n) is 52.5. The highest BCUT2D eigenvalue weighted by atomic mass is 15.2. The smallest absolute Gasteiger partial charge is 0.252 e. The van der Waals surface area contributed by atoms with Crippen LogP contribution in [-0.2, 0) is 10.8 Å². The van der Waals surface area contributed by atoms with Gasteiger partial charge in [-0.15, -0.1) is 0 Å². The highest BCUT2D eigenvalue weighted by Crippen LogP contribution is 2.51. The van der Waals surface area contributed by atoms with Gasteiger partial charge in [0.25, 0.3) is 6.71 Å². The summed E-state index contributed by atoms with van der Waals surface area (Å²) < 4.78 is 7.58. The summed E-state index contributed by atoms with van der Waals surface area (Å²) in [6, 6.07) is 110. The number of anilines is 6. The second kappa shape index (κ2) is 20.2. The normalized spacial score (nSPS) is 13.0. The molecule has 0 spiro atoms. The van der Waals surface area contributed by atoms with Crippen molar-refractivity contribution in [1.29, 1.82) is 0 Å². The van der Waals surface area contributed by atoms with Crippen molar-refractivity contribution in [2.75, 3.05) is 9.80 Å².